The zero-order chi connectivity index (χ0) is 22.4. The number of hydrogen-bond acceptors (Lipinski definition) is 3. The highest BCUT2D eigenvalue weighted by Crippen LogP contribution is 2.64. The molecule has 2 amide bonds. The molecule has 0 aliphatic heterocycles. The molecule has 0 saturated heterocycles. The quantitative estimate of drug-likeness (QED) is 0.206. The number of anilines is 1. The summed E-state index contributed by atoms with van der Waals surface area (Å²) in [5.41, 5.74) is 4.74. The van der Waals surface area contributed by atoms with Gasteiger partial charge in [-0.3, -0.25) is 4.79 Å². The topological polar surface area (TPSA) is 90.8 Å². The van der Waals surface area contributed by atoms with Crippen molar-refractivity contribution in [2.75, 3.05) is 5.32 Å². The fraction of sp³-hybridized carbons (Fsp3) is 0.560. The molecule has 1 aromatic rings. The van der Waals surface area contributed by atoms with Gasteiger partial charge in [-0.05, 0) is 74.3 Å². The molecule has 3 aliphatic carbocycles. The lowest BCUT2D eigenvalue weighted by atomic mass is 9.42. The number of fused-ring (bicyclic) bond motifs is 2. The maximum Gasteiger partial charge on any atom is 0.339 e. The number of carbonyl (C=O) groups excluding carboxylic acids is 1. The first-order chi connectivity index (χ1) is 14.8. The van der Waals surface area contributed by atoms with Crippen molar-refractivity contribution in [2.24, 2.45) is 34.2 Å². The van der Waals surface area contributed by atoms with Crippen molar-refractivity contribution in [3.63, 3.8) is 0 Å². The molecular formula is C25H35N3O3. The Kier molecular flexibility index (Phi) is 7.52. The summed E-state index contributed by atoms with van der Waals surface area (Å²) in [7, 11) is 0. The minimum Gasteiger partial charge on any atom is -0.481 e. The van der Waals surface area contributed by atoms with Gasteiger partial charge in [-0.25, -0.2) is 10.2 Å². The fourth-order valence-corrected chi connectivity index (χ4v) is 5.40. The van der Waals surface area contributed by atoms with Crippen LogP contribution in [0.1, 0.15) is 59.3 Å². The molecule has 3 aliphatic rings. The van der Waals surface area contributed by atoms with Crippen molar-refractivity contribution in [1.29, 1.82) is 0 Å². The number of aliphatic carboxylic acids is 1. The normalized spacial score (nSPS) is 26.9. The zero-order valence-electron chi connectivity index (χ0n) is 18.8. The number of amides is 2. The Morgan fingerprint density at radius 1 is 1.19 bits per heavy atom. The summed E-state index contributed by atoms with van der Waals surface area (Å²) < 4.78 is 0. The van der Waals surface area contributed by atoms with Gasteiger partial charge in [-0.2, -0.15) is 5.10 Å². The van der Waals surface area contributed by atoms with Crippen LogP contribution >= 0.6 is 0 Å². The van der Waals surface area contributed by atoms with Gasteiger partial charge in [0.2, 0.25) is 0 Å². The van der Waals surface area contributed by atoms with Crippen LogP contribution in [-0.4, -0.2) is 22.8 Å². The molecule has 3 fully saturated rings. The number of carboxylic acids is 1. The van der Waals surface area contributed by atoms with Crippen LogP contribution in [-0.2, 0) is 4.79 Å². The molecule has 3 N–H and O–H groups in total. The monoisotopic (exact) mass is 425 g/mol. The number of hydrogen-bond donors (Lipinski definition) is 3. The highest BCUT2D eigenvalue weighted by Gasteiger charge is 2.57. The van der Waals surface area contributed by atoms with Gasteiger partial charge >= 0.3 is 12.0 Å². The van der Waals surface area contributed by atoms with E-state index in [1.165, 1.54) is 6.42 Å². The average molecular weight is 426 g/mol. The number of rotatable bonds is 9. The third-order valence-electron chi connectivity index (χ3n) is 7.36. The van der Waals surface area contributed by atoms with Crippen LogP contribution < -0.4 is 10.7 Å². The van der Waals surface area contributed by atoms with Gasteiger partial charge in [-0.1, -0.05) is 44.2 Å². The van der Waals surface area contributed by atoms with Gasteiger partial charge in [0.05, 0.1) is 0 Å². The van der Waals surface area contributed by atoms with Crippen LogP contribution in [0.15, 0.2) is 47.6 Å². The molecule has 1 aromatic carbocycles. The summed E-state index contributed by atoms with van der Waals surface area (Å²) in [6.45, 7) is 6.78. The van der Waals surface area contributed by atoms with E-state index in [1.54, 1.807) is 0 Å². The molecule has 6 heteroatoms. The Hall–Kier alpha value is -2.63. The van der Waals surface area contributed by atoms with E-state index in [9.17, 15) is 9.59 Å². The second-order valence-electron chi connectivity index (χ2n) is 9.54. The van der Waals surface area contributed by atoms with Crippen LogP contribution in [0.25, 0.3) is 0 Å². The number of hydrazone groups is 1. The lowest BCUT2D eigenvalue weighted by Gasteiger charge is -2.62. The summed E-state index contributed by atoms with van der Waals surface area (Å²) >= 11 is 0. The van der Waals surface area contributed by atoms with Gasteiger partial charge in [0.1, 0.15) is 0 Å². The number of benzene rings is 1. The Morgan fingerprint density at radius 2 is 1.94 bits per heavy atom. The first kappa shape index (κ1) is 23.0. The number of carboxylic acid groups (broad SMARTS) is 1. The van der Waals surface area contributed by atoms with Crippen molar-refractivity contribution in [3.05, 3.63) is 42.5 Å². The van der Waals surface area contributed by atoms with Crippen LogP contribution in [0.2, 0.25) is 0 Å². The van der Waals surface area contributed by atoms with E-state index < -0.39 is 5.97 Å². The molecule has 6 nitrogen and oxygen atoms in total. The first-order valence-electron chi connectivity index (χ1n) is 11.3. The second-order valence-corrected chi connectivity index (χ2v) is 9.54. The van der Waals surface area contributed by atoms with E-state index in [2.05, 4.69) is 41.8 Å². The Balaban J connectivity index is 1.59. The van der Waals surface area contributed by atoms with E-state index in [0.29, 0.717) is 35.5 Å². The number of unbranched alkanes of at least 4 members (excludes halogenated alkanes) is 1. The van der Waals surface area contributed by atoms with E-state index in [-0.39, 0.29) is 12.5 Å². The van der Waals surface area contributed by atoms with Gasteiger partial charge in [-0.15, -0.1) is 0 Å². The van der Waals surface area contributed by atoms with Crippen molar-refractivity contribution < 1.29 is 14.7 Å². The summed E-state index contributed by atoms with van der Waals surface area (Å²) in [4.78, 5) is 22.9. The Labute approximate surface area is 185 Å². The van der Waals surface area contributed by atoms with Crippen molar-refractivity contribution in [3.8, 4) is 0 Å². The molecule has 0 unspecified atom stereocenters. The van der Waals surface area contributed by atoms with E-state index >= 15 is 0 Å². The highest BCUT2D eigenvalue weighted by molar-refractivity contribution is 5.91. The number of nitrogens with zero attached hydrogens (tertiary/aromatic N) is 1. The predicted octanol–water partition coefficient (Wildman–Crippen LogP) is 5.68. The van der Waals surface area contributed by atoms with Gasteiger partial charge in [0.25, 0.3) is 0 Å². The lowest BCUT2D eigenvalue weighted by molar-refractivity contribution is -0.137. The molecule has 31 heavy (non-hydrogen) atoms. The van der Waals surface area contributed by atoms with E-state index in [1.807, 2.05) is 37.3 Å². The number of carbonyl (C=O) groups is 2. The highest BCUT2D eigenvalue weighted by atomic mass is 16.4. The molecule has 4 atom stereocenters. The third kappa shape index (κ3) is 5.75. The minimum absolute atomic E-state index is 0.218. The molecule has 168 valence electrons. The maximum absolute atomic E-state index is 12.2. The number of urea groups is 1. The molecule has 0 heterocycles. The molecule has 2 bridgehead atoms. The van der Waals surface area contributed by atoms with Crippen molar-refractivity contribution in [1.82, 2.24) is 5.43 Å². The van der Waals surface area contributed by atoms with E-state index in [4.69, 9.17) is 5.11 Å². The van der Waals surface area contributed by atoms with Gasteiger partial charge in [0.15, 0.2) is 0 Å². The van der Waals surface area contributed by atoms with Crippen molar-refractivity contribution >= 4 is 23.4 Å². The predicted molar refractivity (Wildman–Crippen MR) is 124 cm³/mol. The number of nitrogens with one attached hydrogen (secondary N) is 2. The molecule has 0 spiro atoms. The SMILES string of the molecule is C/C(=N\NC(=O)Nc1ccccc1)[C@H]1C[C@H]2C[C@@H]([C@@H]1C/C=C\CCCC(=O)O)C2(C)C. The maximum atomic E-state index is 12.2. The smallest absolute Gasteiger partial charge is 0.339 e. The molecule has 4 rings (SSSR count). The standard InChI is InChI=1S/C25H35N3O3/c1-17(27-28-24(31)26-19-11-7-6-8-12-19)21-15-18-16-22(25(18,2)3)20(21)13-9-4-5-10-14-23(29)30/h4,6-9,11-12,18,20-22H,5,10,13-16H2,1-3H3,(H,29,30)(H2,26,28,31)/b9-4-,27-17+/t18-,20+,21+,22-/m0/s1. The fourth-order valence-electron chi connectivity index (χ4n) is 5.40. The van der Waals surface area contributed by atoms with Crippen molar-refractivity contribution in [2.45, 2.75) is 59.3 Å². The molecule has 0 aromatic heterocycles. The summed E-state index contributed by atoms with van der Waals surface area (Å²) in [6.07, 6.45) is 9.39. The second kappa shape index (κ2) is 10.1. The Bertz CT molecular complexity index is 832. The molecular weight excluding hydrogens is 390 g/mol. The number of allylic oxidation sites excluding steroid dienone is 2. The largest absolute Gasteiger partial charge is 0.481 e. The van der Waals surface area contributed by atoms with Crippen LogP contribution in [0.3, 0.4) is 0 Å². The van der Waals surface area contributed by atoms with Gasteiger partial charge < -0.3 is 10.4 Å². The first-order valence-corrected chi connectivity index (χ1v) is 11.3. The summed E-state index contributed by atoms with van der Waals surface area (Å²) in [5.74, 6) is 1.49. The van der Waals surface area contributed by atoms with Crippen LogP contribution in [0, 0.1) is 29.1 Å². The Morgan fingerprint density at radius 3 is 2.61 bits per heavy atom. The average Bonchev–Trinajstić information content (AvgIpc) is 2.74. The van der Waals surface area contributed by atoms with Crippen LogP contribution in [0.4, 0.5) is 10.5 Å². The molecule has 0 radical (unpaired) electrons. The summed E-state index contributed by atoms with van der Waals surface area (Å²) in [6, 6.07) is 9.00. The third-order valence-corrected chi connectivity index (χ3v) is 7.36. The van der Waals surface area contributed by atoms with Gasteiger partial charge in [0, 0.05) is 23.7 Å². The lowest BCUT2D eigenvalue weighted by Crippen LogP contribution is -2.56. The minimum atomic E-state index is -0.737. The molecule has 3 saturated carbocycles. The van der Waals surface area contributed by atoms with E-state index in [0.717, 1.165) is 30.7 Å². The zero-order valence-corrected chi connectivity index (χ0v) is 18.8. The van der Waals surface area contributed by atoms with Crippen LogP contribution in [0.5, 0.6) is 0 Å². The summed E-state index contributed by atoms with van der Waals surface area (Å²) in [5, 5.41) is 16.0. The number of para-hydroxylation sites is 1.